The van der Waals surface area contributed by atoms with Crippen LogP contribution in [-0.2, 0) is 30.9 Å². The van der Waals surface area contributed by atoms with Crippen LogP contribution < -0.4 is 11.1 Å². The van der Waals surface area contributed by atoms with Gasteiger partial charge in [-0.1, -0.05) is 53.3 Å². The Bertz CT molecular complexity index is 2090. The average Bonchev–Trinajstić information content (AvgIpc) is 4.07. The fraction of sp³-hybridized carbons (Fsp3) is 0.556. The Kier molecular flexibility index (Phi) is 11.6. The third kappa shape index (κ3) is 8.19. The molecule has 0 unspecified atom stereocenters. The zero-order chi connectivity index (χ0) is 36.7. The third-order valence-corrected chi connectivity index (χ3v) is 11.6. The monoisotopic (exact) mass is 793 g/mol. The molecule has 2 aliphatic heterocycles. The minimum Gasteiger partial charge on any atom is -0.504 e. The second kappa shape index (κ2) is 16.0. The van der Waals surface area contributed by atoms with Crippen LogP contribution in [0.15, 0.2) is 21.7 Å². The van der Waals surface area contributed by atoms with Gasteiger partial charge in [-0.25, -0.2) is 9.97 Å². The number of rotatable bonds is 9. The number of halogens is 4. The molecule has 8 rings (SSSR count). The maximum atomic E-state index is 13.2. The number of hydrogen-bond donors (Lipinski definition) is 2. The van der Waals surface area contributed by atoms with E-state index in [9.17, 15) is 19.8 Å². The summed E-state index contributed by atoms with van der Waals surface area (Å²) in [5.41, 5.74) is -0.0206. The van der Waals surface area contributed by atoms with E-state index < -0.39 is 0 Å². The van der Waals surface area contributed by atoms with Crippen LogP contribution in [0.1, 0.15) is 44.3 Å². The van der Waals surface area contributed by atoms with Gasteiger partial charge < -0.3 is 19.8 Å². The van der Waals surface area contributed by atoms with Crippen molar-refractivity contribution < 1.29 is 14.9 Å². The minimum atomic E-state index is -0.211. The highest BCUT2D eigenvalue weighted by Crippen LogP contribution is 2.37. The quantitative estimate of drug-likeness (QED) is 0.221. The summed E-state index contributed by atoms with van der Waals surface area (Å²) < 4.78 is 8.85. The van der Waals surface area contributed by atoms with Crippen molar-refractivity contribution in [3.05, 3.63) is 64.6 Å². The van der Waals surface area contributed by atoms with Gasteiger partial charge in [-0.05, 0) is 56.2 Å². The number of benzene rings is 2. The van der Waals surface area contributed by atoms with Crippen molar-refractivity contribution in [1.82, 2.24) is 33.8 Å². The lowest BCUT2D eigenvalue weighted by atomic mass is 10.2. The van der Waals surface area contributed by atoms with Gasteiger partial charge in [0.15, 0.2) is 11.5 Å². The van der Waals surface area contributed by atoms with Gasteiger partial charge in [0.1, 0.15) is 22.7 Å². The first-order valence-corrected chi connectivity index (χ1v) is 19.5. The van der Waals surface area contributed by atoms with E-state index in [1.165, 1.54) is 12.1 Å². The summed E-state index contributed by atoms with van der Waals surface area (Å²) in [6, 6.07) is 2.81. The Morgan fingerprint density at radius 3 is 1.46 bits per heavy atom. The van der Waals surface area contributed by atoms with Gasteiger partial charge >= 0.3 is 0 Å². The molecule has 0 spiro atoms. The normalized spacial score (nSPS) is 18.9. The van der Waals surface area contributed by atoms with Crippen molar-refractivity contribution in [1.29, 1.82) is 0 Å². The highest BCUT2D eigenvalue weighted by molar-refractivity contribution is 6.40. The molecule has 4 fully saturated rings. The highest BCUT2D eigenvalue weighted by Gasteiger charge is 2.29. The van der Waals surface area contributed by atoms with E-state index in [2.05, 4.69) is 31.6 Å². The lowest BCUT2D eigenvalue weighted by molar-refractivity contribution is 0.0324. The number of piperazine rings is 1. The fourth-order valence-electron chi connectivity index (χ4n) is 6.86. The number of aromatic nitrogens is 4. The van der Waals surface area contributed by atoms with Gasteiger partial charge in [-0.15, -0.1) is 0 Å². The first-order chi connectivity index (χ1) is 25.0. The average molecular weight is 796 g/mol. The van der Waals surface area contributed by atoms with E-state index in [0.29, 0.717) is 62.9 Å². The Labute approximate surface area is 321 Å². The lowest BCUT2D eigenvalue weighted by Crippen LogP contribution is -2.46. The highest BCUT2D eigenvalue weighted by atomic mass is 35.5. The standard InChI is InChI=1S/C19H24Cl2N4O2.C17H19Cl2N3O3/c1-2-23-5-7-24(8-6-23)11-15-22-17-16(13(20)9-14(21)18(17)26)19(27)25(15)10-12-3-4-12;18-11-7-12(19)16(23)15-14(11)17(24)22(8-10-1-2-10)13(20-15)9-21-3-5-25-6-4-21/h9,12,26H,2-8,10-11H2,1H3;7,10,23H,1-6,8-9H2. The number of aromatic hydroxyl groups is 2. The molecule has 0 atom stereocenters. The molecule has 0 amide bonds. The van der Waals surface area contributed by atoms with Crippen molar-refractivity contribution in [2.24, 2.45) is 11.8 Å². The topological polar surface area (TPSA) is 129 Å². The van der Waals surface area contributed by atoms with Crippen LogP contribution in [0.5, 0.6) is 11.5 Å². The molecule has 12 nitrogen and oxygen atoms in total. The molecule has 2 aliphatic carbocycles. The summed E-state index contributed by atoms with van der Waals surface area (Å²) in [5, 5.41) is 21.8. The van der Waals surface area contributed by atoms with E-state index in [1.807, 2.05) is 0 Å². The number of phenols is 2. The van der Waals surface area contributed by atoms with Gasteiger partial charge in [0.2, 0.25) is 0 Å². The molecule has 0 radical (unpaired) electrons. The summed E-state index contributed by atoms with van der Waals surface area (Å²) in [6.07, 6.45) is 4.53. The third-order valence-electron chi connectivity index (χ3n) is 10.4. The Morgan fingerprint density at radius 1 is 0.654 bits per heavy atom. The lowest BCUT2D eigenvalue weighted by Gasteiger charge is -2.34. The molecule has 0 bridgehead atoms. The SMILES string of the molecule is CCN1CCN(Cc2nc3c(O)c(Cl)cc(Cl)c3c(=O)n2CC2CC2)CC1.O=c1c2c(Cl)cc(Cl)c(O)c2nc(CN2CCOCC2)n1CC1CC1. The van der Waals surface area contributed by atoms with E-state index in [1.54, 1.807) is 9.13 Å². The second-order valence-corrected chi connectivity index (χ2v) is 15.8. The summed E-state index contributed by atoms with van der Waals surface area (Å²) in [7, 11) is 0. The molecule has 2 aromatic heterocycles. The van der Waals surface area contributed by atoms with Crippen molar-refractivity contribution in [3.8, 4) is 11.5 Å². The Morgan fingerprint density at radius 2 is 1.06 bits per heavy atom. The molecule has 4 aromatic rings. The van der Waals surface area contributed by atoms with Gasteiger partial charge in [0.05, 0.1) is 57.2 Å². The molecule has 280 valence electrons. The molecule has 4 heterocycles. The number of hydrogen-bond acceptors (Lipinski definition) is 10. The smallest absolute Gasteiger partial charge is 0.263 e. The van der Waals surface area contributed by atoms with Gasteiger partial charge in [0.25, 0.3) is 11.1 Å². The number of phenolic OH excluding ortho intramolecular Hbond substituents is 2. The number of nitrogens with zero attached hydrogens (tertiary/aromatic N) is 7. The van der Waals surface area contributed by atoms with Crippen LogP contribution in [0.25, 0.3) is 21.8 Å². The Balaban J connectivity index is 0.000000162. The van der Waals surface area contributed by atoms with Crippen LogP contribution in [0, 0.1) is 11.8 Å². The summed E-state index contributed by atoms with van der Waals surface area (Å²) in [5.74, 6) is 1.99. The summed E-state index contributed by atoms with van der Waals surface area (Å²) in [6.45, 7) is 12.5. The molecule has 2 saturated heterocycles. The van der Waals surface area contributed by atoms with Crippen molar-refractivity contribution in [2.75, 3.05) is 59.0 Å². The molecular weight excluding hydrogens is 752 g/mol. The minimum absolute atomic E-state index is 0.0988. The number of morpholine rings is 1. The molecule has 2 saturated carbocycles. The van der Waals surface area contributed by atoms with Crippen molar-refractivity contribution in [2.45, 2.75) is 58.8 Å². The van der Waals surface area contributed by atoms with Crippen LogP contribution in [0.4, 0.5) is 0 Å². The zero-order valence-corrected chi connectivity index (χ0v) is 32.1. The predicted molar refractivity (Wildman–Crippen MR) is 204 cm³/mol. The van der Waals surface area contributed by atoms with Crippen LogP contribution in [0.2, 0.25) is 20.1 Å². The van der Waals surface area contributed by atoms with E-state index in [-0.39, 0.29) is 64.5 Å². The first-order valence-electron chi connectivity index (χ1n) is 18.0. The van der Waals surface area contributed by atoms with Crippen molar-refractivity contribution >= 4 is 68.2 Å². The van der Waals surface area contributed by atoms with Gasteiger partial charge in [0, 0.05) is 52.4 Å². The number of fused-ring (bicyclic) bond motifs is 2. The van der Waals surface area contributed by atoms with Crippen LogP contribution >= 0.6 is 46.4 Å². The van der Waals surface area contributed by atoms with Crippen LogP contribution in [0.3, 0.4) is 0 Å². The molecule has 4 aliphatic rings. The van der Waals surface area contributed by atoms with Crippen LogP contribution in [-0.4, -0.2) is 103 Å². The van der Waals surface area contributed by atoms with Gasteiger partial charge in [-0.3, -0.25) is 28.5 Å². The van der Waals surface area contributed by atoms with Gasteiger partial charge in [-0.2, -0.15) is 0 Å². The summed E-state index contributed by atoms with van der Waals surface area (Å²) in [4.78, 5) is 42.4. The fourth-order valence-corrected chi connectivity index (χ4v) is 7.93. The first kappa shape index (κ1) is 37.6. The van der Waals surface area contributed by atoms with E-state index in [4.69, 9.17) is 51.1 Å². The molecule has 16 heteroatoms. The zero-order valence-electron chi connectivity index (χ0n) is 29.1. The largest absolute Gasteiger partial charge is 0.504 e. The Hall–Kier alpha value is -2.68. The predicted octanol–water partition coefficient (Wildman–Crippen LogP) is 5.61. The molecular formula is C36H43Cl4N7O5. The number of ether oxygens (including phenoxy) is 1. The van der Waals surface area contributed by atoms with E-state index in [0.717, 1.165) is 71.5 Å². The molecule has 2 N–H and O–H groups in total. The maximum Gasteiger partial charge on any atom is 0.263 e. The molecule has 52 heavy (non-hydrogen) atoms. The second-order valence-electron chi connectivity index (χ2n) is 14.2. The number of likely N-dealkylation sites (N-methyl/N-ethyl adjacent to an activating group) is 1. The van der Waals surface area contributed by atoms with E-state index >= 15 is 0 Å². The maximum absolute atomic E-state index is 13.2. The summed E-state index contributed by atoms with van der Waals surface area (Å²) >= 11 is 24.6. The van der Waals surface area contributed by atoms with Crippen molar-refractivity contribution in [3.63, 3.8) is 0 Å². The molecule has 2 aromatic carbocycles.